The number of nitrogens with zero attached hydrogens (tertiary/aromatic N) is 1. The van der Waals surface area contributed by atoms with Crippen molar-refractivity contribution >= 4 is 23.0 Å². The lowest BCUT2D eigenvalue weighted by molar-refractivity contribution is -0.118. The van der Waals surface area contributed by atoms with E-state index in [4.69, 9.17) is 4.52 Å². The molecule has 0 aliphatic heterocycles. The molecule has 1 heterocycles. The van der Waals surface area contributed by atoms with Crippen molar-refractivity contribution in [2.45, 2.75) is 18.3 Å². The maximum Gasteiger partial charge on any atom is 0.236 e. The maximum absolute atomic E-state index is 13.0. The highest BCUT2D eigenvalue weighted by Crippen LogP contribution is 2.49. The predicted octanol–water partition coefficient (Wildman–Crippen LogP) is 5.76. The first-order valence-corrected chi connectivity index (χ1v) is 9.99. The number of nitrogens with one attached hydrogen (secondary N) is 2. The van der Waals surface area contributed by atoms with Crippen molar-refractivity contribution in [2.24, 2.45) is 0 Å². The number of rotatable bonds is 6. The number of benzene rings is 3. The highest BCUT2D eigenvalue weighted by molar-refractivity contribution is 6.01. The summed E-state index contributed by atoms with van der Waals surface area (Å²) in [6, 6.07) is 29.3. The molecule has 3 aromatic carbocycles. The molecular weight excluding hydrogens is 374 g/mol. The third-order valence-electron chi connectivity index (χ3n) is 5.45. The van der Waals surface area contributed by atoms with Crippen molar-refractivity contribution in [3.8, 4) is 11.3 Å². The highest BCUT2D eigenvalue weighted by Gasteiger charge is 2.53. The van der Waals surface area contributed by atoms with Gasteiger partial charge in [0, 0.05) is 28.7 Å². The zero-order valence-electron chi connectivity index (χ0n) is 16.3. The van der Waals surface area contributed by atoms with Crippen LogP contribution in [0.3, 0.4) is 0 Å². The number of hydrogen-bond donors (Lipinski definition) is 2. The molecule has 5 rings (SSSR count). The Labute approximate surface area is 174 Å². The van der Waals surface area contributed by atoms with Gasteiger partial charge in [-0.3, -0.25) is 4.79 Å². The highest BCUT2D eigenvalue weighted by atomic mass is 16.5. The minimum atomic E-state index is -0.600. The van der Waals surface area contributed by atoms with Gasteiger partial charge in [-0.05, 0) is 49.2 Å². The zero-order valence-corrected chi connectivity index (χ0v) is 16.3. The van der Waals surface area contributed by atoms with Crippen molar-refractivity contribution in [2.75, 3.05) is 10.6 Å². The molecule has 0 radical (unpaired) electrons. The van der Waals surface area contributed by atoms with Crippen LogP contribution in [-0.4, -0.2) is 11.1 Å². The van der Waals surface area contributed by atoms with Crippen LogP contribution in [0.25, 0.3) is 11.3 Å². The van der Waals surface area contributed by atoms with E-state index in [1.54, 1.807) is 0 Å². The first-order valence-electron chi connectivity index (χ1n) is 9.99. The van der Waals surface area contributed by atoms with Crippen LogP contribution in [0.4, 0.5) is 17.1 Å². The third-order valence-corrected chi connectivity index (χ3v) is 5.45. The molecule has 1 aromatic heterocycles. The molecule has 0 spiro atoms. The minimum absolute atomic E-state index is 0.0424. The average molecular weight is 395 g/mol. The molecule has 0 atom stereocenters. The number of hydrogen-bond acceptors (Lipinski definition) is 4. The molecule has 2 N–H and O–H groups in total. The lowest BCUT2D eigenvalue weighted by atomic mass is 10.00. The van der Waals surface area contributed by atoms with Crippen LogP contribution < -0.4 is 10.6 Å². The van der Waals surface area contributed by atoms with Gasteiger partial charge >= 0.3 is 0 Å². The molecule has 5 nitrogen and oxygen atoms in total. The molecule has 1 saturated carbocycles. The van der Waals surface area contributed by atoms with E-state index in [0.717, 1.165) is 35.5 Å². The number of carbonyl (C=O) groups is 1. The van der Waals surface area contributed by atoms with Crippen LogP contribution in [0.1, 0.15) is 18.5 Å². The Morgan fingerprint density at radius 2 is 1.40 bits per heavy atom. The molecule has 148 valence electrons. The summed E-state index contributed by atoms with van der Waals surface area (Å²) >= 11 is 0. The van der Waals surface area contributed by atoms with E-state index in [1.807, 2.05) is 91.0 Å². The maximum atomic E-state index is 13.0. The molecule has 1 amide bonds. The zero-order chi connectivity index (χ0) is 20.4. The van der Waals surface area contributed by atoms with E-state index in [-0.39, 0.29) is 5.91 Å². The van der Waals surface area contributed by atoms with E-state index in [0.29, 0.717) is 11.5 Å². The van der Waals surface area contributed by atoms with Crippen LogP contribution in [0, 0.1) is 0 Å². The predicted molar refractivity (Wildman–Crippen MR) is 118 cm³/mol. The van der Waals surface area contributed by atoms with Gasteiger partial charge in [-0.1, -0.05) is 53.7 Å². The topological polar surface area (TPSA) is 67.2 Å². The first kappa shape index (κ1) is 18.2. The molecule has 0 bridgehead atoms. The summed E-state index contributed by atoms with van der Waals surface area (Å²) in [5.41, 5.74) is 3.79. The number of para-hydroxylation sites is 1. The summed E-state index contributed by atoms with van der Waals surface area (Å²) in [7, 11) is 0. The van der Waals surface area contributed by atoms with Crippen molar-refractivity contribution in [3.63, 3.8) is 0 Å². The Morgan fingerprint density at radius 3 is 2.07 bits per heavy atom. The van der Waals surface area contributed by atoms with Crippen molar-refractivity contribution < 1.29 is 9.32 Å². The Kier molecular flexibility index (Phi) is 4.56. The van der Waals surface area contributed by atoms with Crippen LogP contribution in [0.2, 0.25) is 0 Å². The molecular formula is C25H21N3O2. The number of carbonyl (C=O) groups excluding carboxylic acids is 1. The average Bonchev–Trinajstić information content (AvgIpc) is 3.46. The molecule has 0 unspecified atom stereocenters. The van der Waals surface area contributed by atoms with Gasteiger partial charge in [-0.15, -0.1) is 0 Å². The van der Waals surface area contributed by atoms with E-state index in [1.165, 1.54) is 0 Å². The summed E-state index contributed by atoms with van der Waals surface area (Å²) in [5.74, 6) is 0.639. The lowest BCUT2D eigenvalue weighted by Crippen LogP contribution is -2.28. The Balaban J connectivity index is 1.28. The second-order valence-corrected chi connectivity index (χ2v) is 7.55. The summed E-state index contributed by atoms with van der Waals surface area (Å²) in [5, 5.41) is 10.6. The largest absolute Gasteiger partial charge is 0.356 e. The molecule has 30 heavy (non-hydrogen) atoms. The second-order valence-electron chi connectivity index (χ2n) is 7.55. The molecule has 4 aromatic rings. The second kappa shape index (κ2) is 7.52. The van der Waals surface area contributed by atoms with Crippen LogP contribution in [-0.2, 0) is 10.2 Å². The van der Waals surface area contributed by atoms with Crippen molar-refractivity contribution in [1.82, 2.24) is 5.16 Å². The Hall–Kier alpha value is -3.86. The third kappa shape index (κ3) is 3.57. The molecule has 1 aliphatic carbocycles. The fourth-order valence-corrected chi connectivity index (χ4v) is 3.54. The van der Waals surface area contributed by atoms with Crippen molar-refractivity contribution in [3.05, 3.63) is 96.7 Å². The van der Waals surface area contributed by atoms with Gasteiger partial charge in [-0.25, -0.2) is 0 Å². The van der Waals surface area contributed by atoms with E-state index >= 15 is 0 Å². The van der Waals surface area contributed by atoms with Gasteiger partial charge in [0.2, 0.25) is 5.91 Å². The fraction of sp³-hybridized carbons (Fsp3) is 0.120. The van der Waals surface area contributed by atoms with Crippen LogP contribution in [0.15, 0.2) is 95.5 Å². The summed E-state index contributed by atoms with van der Waals surface area (Å²) in [6.45, 7) is 0. The van der Waals surface area contributed by atoms with Gasteiger partial charge in [0.05, 0.1) is 11.1 Å². The number of amides is 1. The summed E-state index contributed by atoms with van der Waals surface area (Å²) in [6.07, 6.45) is 1.54. The smallest absolute Gasteiger partial charge is 0.236 e. The normalized spacial score (nSPS) is 14.1. The lowest BCUT2D eigenvalue weighted by Gasteiger charge is -2.13. The summed E-state index contributed by atoms with van der Waals surface area (Å²) < 4.78 is 5.51. The summed E-state index contributed by atoms with van der Waals surface area (Å²) in [4.78, 5) is 13.0. The van der Waals surface area contributed by atoms with E-state index in [9.17, 15) is 4.79 Å². The van der Waals surface area contributed by atoms with Gasteiger partial charge < -0.3 is 15.2 Å². The van der Waals surface area contributed by atoms with Crippen LogP contribution >= 0.6 is 0 Å². The van der Waals surface area contributed by atoms with E-state index < -0.39 is 5.41 Å². The van der Waals surface area contributed by atoms with Crippen molar-refractivity contribution in [1.29, 1.82) is 0 Å². The van der Waals surface area contributed by atoms with E-state index in [2.05, 4.69) is 15.8 Å². The quantitative estimate of drug-likeness (QED) is 0.436. The van der Waals surface area contributed by atoms with Crippen LogP contribution in [0.5, 0.6) is 0 Å². The Morgan fingerprint density at radius 1 is 0.800 bits per heavy atom. The monoisotopic (exact) mass is 395 g/mol. The van der Waals surface area contributed by atoms with Gasteiger partial charge in [-0.2, -0.15) is 0 Å². The Bertz CT molecular complexity index is 1150. The SMILES string of the molecule is O=C(Nc1ccc(Nc2ccccc2)cc1)C1(c2cc(-c3ccccc3)on2)CC1. The van der Waals surface area contributed by atoms with Gasteiger partial charge in [0.1, 0.15) is 0 Å². The van der Waals surface area contributed by atoms with Gasteiger partial charge in [0.25, 0.3) is 0 Å². The fourth-order valence-electron chi connectivity index (χ4n) is 3.54. The molecule has 1 aliphatic rings. The minimum Gasteiger partial charge on any atom is -0.356 e. The molecule has 1 fully saturated rings. The number of aromatic nitrogens is 1. The molecule has 0 saturated heterocycles. The number of anilines is 3. The van der Waals surface area contributed by atoms with Gasteiger partial charge in [0.15, 0.2) is 5.76 Å². The standard InChI is InChI=1S/C25H21N3O2/c29-24(27-21-13-11-20(12-14-21)26-19-9-5-2-6-10-19)25(15-16-25)23-17-22(30-28-23)18-7-3-1-4-8-18/h1-14,17,26H,15-16H2,(H,27,29). The molecule has 5 heteroatoms. The first-order chi connectivity index (χ1) is 14.7.